The van der Waals surface area contributed by atoms with Crippen LogP contribution in [0.25, 0.3) is 0 Å². The molecule has 0 aliphatic carbocycles. The second kappa shape index (κ2) is 6.41. The summed E-state index contributed by atoms with van der Waals surface area (Å²) in [5.41, 5.74) is 0. The first-order valence-corrected chi connectivity index (χ1v) is 8.07. The molecule has 0 spiro atoms. The van der Waals surface area contributed by atoms with Crippen molar-refractivity contribution in [1.82, 2.24) is 15.1 Å². The molecular weight excluding hydrogens is 254 g/mol. The summed E-state index contributed by atoms with van der Waals surface area (Å²) in [6, 6.07) is 0.568. The molecule has 0 aromatic heterocycles. The summed E-state index contributed by atoms with van der Waals surface area (Å²) in [6.07, 6.45) is 6.18. The normalized spacial score (nSPS) is 35.6. The number of carbonyl (C=O) groups excluding carboxylic acids is 1. The van der Waals surface area contributed by atoms with Gasteiger partial charge in [0, 0.05) is 32.8 Å². The maximum Gasteiger partial charge on any atom is 0.239 e. The number of nitrogens with one attached hydrogen (secondary N) is 1. The summed E-state index contributed by atoms with van der Waals surface area (Å²) >= 11 is 0. The zero-order chi connectivity index (χ0) is 13.9. The Kier molecular flexibility index (Phi) is 4.58. The maximum absolute atomic E-state index is 12.5. The van der Waals surface area contributed by atoms with E-state index in [1.54, 1.807) is 7.11 Å². The maximum atomic E-state index is 12.5. The topological polar surface area (TPSA) is 44.8 Å². The second-order valence-corrected chi connectivity index (χ2v) is 6.38. The Balaban J connectivity index is 1.50. The predicted octanol–water partition coefficient (Wildman–Crippen LogP) is 0.450. The molecule has 1 amide bonds. The number of methoxy groups -OCH3 is 1. The summed E-state index contributed by atoms with van der Waals surface area (Å²) < 4.78 is 5.33. The van der Waals surface area contributed by atoms with E-state index in [4.69, 9.17) is 4.74 Å². The van der Waals surface area contributed by atoms with Crippen LogP contribution < -0.4 is 5.32 Å². The number of amides is 1. The van der Waals surface area contributed by atoms with Crippen molar-refractivity contribution in [1.29, 1.82) is 0 Å². The van der Waals surface area contributed by atoms with Gasteiger partial charge in [0.2, 0.25) is 5.91 Å². The van der Waals surface area contributed by atoms with Crippen molar-refractivity contribution in [3.63, 3.8) is 0 Å². The van der Waals surface area contributed by atoms with Gasteiger partial charge in [0.25, 0.3) is 0 Å². The lowest BCUT2D eigenvalue weighted by molar-refractivity contribution is -0.132. The molecule has 3 aliphatic heterocycles. The summed E-state index contributed by atoms with van der Waals surface area (Å²) in [5.74, 6) is 0.282. The second-order valence-electron chi connectivity index (χ2n) is 6.38. The first kappa shape index (κ1) is 14.3. The van der Waals surface area contributed by atoms with E-state index in [-0.39, 0.29) is 18.1 Å². The van der Waals surface area contributed by atoms with E-state index in [9.17, 15) is 4.79 Å². The van der Waals surface area contributed by atoms with Crippen LogP contribution in [-0.2, 0) is 9.53 Å². The number of rotatable bonds is 3. The fourth-order valence-corrected chi connectivity index (χ4v) is 3.81. The van der Waals surface area contributed by atoms with Crippen LogP contribution in [0.3, 0.4) is 0 Å². The van der Waals surface area contributed by atoms with Crippen molar-refractivity contribution in [2.45, 2.75) is 50.3 Å². The van der Waals surface area contributed by atoms with Gasteiger partial charge in [-0.3, -0.25) is 9.69 Å². The largest absolute Gasteiger partial charge is 0.380 e. The van der Waals surface area contributed by atoms with Gasteiger partial charge in [-0.05, 0) is 38.8 Å². The highest BCUT2D eigenvalue weighted by atomic mass is 16.5. The molecule has 3 fully saturated rings. The van der Waals surface area contributed by atoms with Crippen molar-refractivity contribution in [3.05, 3.63) is 0 Å². The molecule has 0 aromatic rings. The summed E-state index contributed by atoms with van der Waals surface area (Å²) in [6.45, 7) is 5.10. The lowest BCUT2D eigenvalue weighted by Crippen LogP contribution is -2.45. The third kappa shape index (κ3) is 3.00. The molecule has 0 aromatic carbocycles. The summed E-state index contributed by atoms with van der Waals surface area (Å²) in [5, 5.41) is 3.30. The van der Waals surface area contributed by atoms with Gasteiger partial charge in [-0.2, -0.15) is 0 Å². The molecule has 3 rings (SSSR count). The predicted molar refractivity (Wildman–Crippen MR) is 77.6 cm³/mol. The molecule has 114 valence electrons. The van der Waals surface area contributed by atoms with Gasteiger partial charge >= 0.3 is 0 Å². The van der Waals surface area contributed by atoms with E-state index in [1.807, 2.05) is 0 Å². The van der Waals surface area contributed by atoms with Crippen LogP contribution in [0.15, 0.2) is 0 Å². The fourth-order valence-electron chi connectivity index (χ4n) is 3.81. The first-order valence-electron chi connectivity index (χ1n) is 8.07. The van der Waals surface area contributed by atoms with Gasteiger partial charge < -0.3 is 15.0 Å². The Hall–Kier alpha value is -0.650. The summed E-state index contributed by atoms with van der Waals surface area (Å²) in [7, 11) is 1.72. The monoisotopic (exact) mass is 281 g/mol. The van der Waals surface area contributed by atoms with Crippen molar-refractivity contribution < 1.29 is 9.53 Å². The Bertz CT molecular complexity index is 344. The van der Waals surface area contributed by atoms with E-state index in [0.29, 0.717) is 6.04 Å². The number of ether oxygens (including phenoxy) is 1. The number of nitrogens with zero attached hydrogens (tertiary/aromatic N) is 2. The molecule has 0 radical (unpaired) electrons. The third-order valence-corrected chi connectivity index (χ3v) is 5.10. The number of likely N-dealkylation sites (tertiary alicyclic amines) is 2. The molecule has 5 nitrogen and oxygen atoms in total. The van der Waals surface area contributed by atoms with Gasteiger partial charge in [0.05, 0.1) is 12.1 Å². The lowest BCUT2D eigenvalue weighted by Gasteiger charge is -2.32. The Morgan fingerprint density at radius 3 is 2.70 bits per heavy atom. The number of hydrogen-bond donors (Lipinski definition) is 1. The lowest BCUT2D eigenvalue weighted by atomic mass is 10.1. The minimum atomic E-state index is -0.0277. The SMILES string of the molecule is COC1CNC(C(=O)N2CCC(N3CCCCC3)C2)C1. The highest BCUT2D eigenvalue weighted by Gasteiger charge is 2.36. The molecule has 1 N–H and O–H groups in total. The Labute approximate surface area is 121 Å². The van der Waals surface area contributed by atoms with E-state index < -0.39 is 0 Å². The summed E-state index contributed by atoms with van der Waals surface area (Å²) in [4.78, 5) is 17.2. The third-order valence-electron chi connectivity index (χ3n) is 5.10. The number of piperidine rings is 1. The van der Waals surface area contributed by atoms with Crippen LogP contribution in [0.4, 0.5) is 0 Å². The first-order chi connectivity index (χ1) is 9.78. The van der Waals surface area contributed by atoms with Crippen molar-refractivity contribution in [3.8, 4) is 0 Å². The van der Waals surface area contributed by atoms with E-state index in [2.05, 4.69) is 15.1 Å². The van der Waals surface area contributed by atoms with E-state index in [0.717, 1.165) is 32.5 Å². The highest BCUT2D eigenvalue weighted by Crippen LogP contribution is 2.22. The van der Waals surface area contributed by atoms with Gasteiger partial charge in [-0.15, -0.1) is 0 Å². The van der Waals surface area contributed by atoms with Crippen LogP contribution in [0, 0.1) is 0 Å². The molecule has 3 heterocycles. The minimum Gasteiger partial charge on any atom is -0.380 e. The zero-order valence-corrected chi connectivity index (χ0v) is 12.5. The average Bonchev–Trinajstić information content (AvgIpc) is 3.17. The van der Waals surface area contributed by atoms with Gasteiger partial charge in [0.15, 0.2) is 0 Å². The van der Waals surface area contributed by atoms with Crippen LogP contribution >= 0.6 is 0 Å². The molecule has 3 aliphatic rings. The standard InChI is InChI=1S/C15H27N3O2/c1-20-13-9-14(16-10-13)15(19)18-8-5-12(11-18)17-6-3-2-4-7-17/h12-14,16H,2-11H2,1H3. The van der Waals surface area contributed by atoms with Gasteiger partial charge in [0.1, 0.15) is 0 Å². The fraction of sp³-hybridized carbons (Fsp3) is 0.933. The van der Waals surface area contributed by atoms with E-state index in [1.165, 1.54) is 32.4 Å². The molecule has 0 bridgehead atoms. The smallest absolute Gasteiger partial charge is 0.239 e. The molecule has 3 atom stereocenters. The Morgan fingerprint density at radius 2 is 2.00 bits per heavy atom. The van der Waals surface area contributed by atoms with Gasteiger partial charge in [-0.1, -0.05) is 6.42 Å². The Morgan fingerprint density at radius 1 is 1.20 bits per heavy atom. The van der Waals surface area contributed by atoms with Crippen molar-refractivity contribution >= 4 is 5.91 Å². The zero-order valence-electron chi connectivity index (χ0n) is 12.5. The highest BCUT2D eigenvalue weighted by molar-refractivity contribution is 5.82. The van der Waals surface area contributed by atoms with Crippen LogP contribution in [0.2, 0.25) is 0 Å². The van der Waals surface area contributed by atoms with E-state index >= 15 is 0 Å². The van der Waals surface area contributed by atoms with Crippen molar-refractivity contribution in [2.75, 3.05) is 39.8 Å². The molecule has 20 heavy (non-hydrogen) atoms. The van der Waals surface area contributed by atoms with Crippen molar-refractivity contribution in [2.24, 2.45) is 0 Å². The molecule has 5 heteroatoms. The van der Waals surface area contributed by atoms with Crippen LogP contribution in [0.5, 0.6) is 0 Å². The molecule has 3 saturated heterocycles. The van der Waals surface area contributed by atoms with Crippen LogP contribution in [0.1, 0.15) is 32.1 Å². The quantitative estimate of drug-likeness (QED) is 0.816. The molecular formula is C15H27N3O2. The van der Waals surface area contributed by atoms with Crippen LogP contribution in [-0.4, -0.2) is 73.7 Å². The minimum absolute atomic E-state index is 0.0277. The average molecular weight is 281 g/mol. The van der Waals surface area contributed by atoms with Gasteiger partial charge in [-0.25, -0.2) is 0 Å². The molecule has 0 saturated carbocycles. The number of hydrogen-bond acceptors (Lipinski definition) is 4. The molecule has 3 unspecified atom stereocenters. The number of carbonyl (C=O) groups is 1.